The summed E-state index contributed by atoms with van der Waals surface area (Å²) in [7, 11) is 1.66. The van der Waals surface area contributed by atoms with Crippen LogP contribution in [0, 0.1) is 6.92 Å². The van der Waals surface area contributed by atoms with Gasteiger partial charge in [0.1, 0.15) is 0 Å². The van der Waals surface area contributed by atoms with Gasteiger partial charge in [0.2, 0.25) is 0 Å². The number of rotatable bonds is 1. The highest BCUT2D eigenvalue weighted by atomic mass is 16.4. The van der Waals surface area contributed by atoms with Crippen LogP contribution in [-0.2, 0) is 0 Å². The molecule has 0 aliphatic rings. The standard InChI is InChI=1S/C10H10N2O2/c1-6-4-3-5-7-8(6)12-10(11-2)14-9(7)13/h3-5H,1-2H3,(H,11,12). The molecule has 1 N–H and O–H groups in total. The maximum absolute atomic E-state index is 11.5. The first-order chi connectivity index (χ1) is 6.72. The molecular formula is C10H10N2O2. The Morgan fingerprint density at radius 3 is 2.93 bits per heavy atom. The highest BCUT2D eigenvalue weighted by Crippen LogP contribution is 2.14. The molecule has 0 atom stereocenters. The number of anilines is 1. The van der Waals surface area contributed by atoms with E-state index in [1.54, 1.807) is 13.1 Å². The third-order valence-electron chi connectivity index (χ3n) is 2.07. The summed E-state index contributed by atoms with van der Waals surface area (Å²) in [4.78, 5) is 15.6. The first kappa shape index (κ1) is 8.74. The lowest BCUT2D eigenvalue weighted by molar-refractivity contribution is 0.520. The Kier molecular flexibility index (Phi) is 1.96. The van der Waals surface area contributed by atoms with Gasteiger partial charge in [0.25, 0.3) is 6.01 Å². The number of nitrogens with one attached hydrogen (secondary N) is 1. The van der Waals surface area contributed by atoms with Crippen LogP contribution in [0.1, 0.15) is 5.56 Å². The number of hydrogen-bond donors (Lipinski definition) is 1. The highest BCUT2D eigenvalue weighted by Gasteiger charge is 2.05. The largest absolute Gasteiger partial charge is 0.389 e. The number of hydrogen-bond acceptors (Lipinski definition) is 4. The van der Waals surface area contributed by atoms with E-state index in [0.29, 0.717) is 10.9 Å². The fraction of sp³-hybridized carbons (Fsp3) is 0.200. The zero-order valence-electron chi connectivity index (χ0n) is 8.00. The summed E-state index contributed by atoms with van der Waals surface area (Å²) < 4.78 is 4.92. The van der Waals surface area contributed by atoms with Gasteiger partial charge in [-0.2, -0.15) is 4.98 Å². The molecule has 0 bridgehead atoms. The first-order valence-electron chi connectivity index (χ1n) is 4.30. The predicted molar refractivity (Wildman–Crippen MR) is 54.6 cm³/mol. The molecule has 1 heterocycles. The van der Waals surface area contributed by atoms with E-state index >= 15 is 0 Å². The van der Waals surface area contributed by atoms with E-state index < -0.39 is 0 Å². The Morgan fingerprint density at radius 1 is 1.43 bits per heavy atom. The molecule has 0 aliphatic carbocycles. The summed E-state index contributed by atoms with van der Waals surface area (Å²) in [5.41, 5.74) is 1.29. The van der Waals surface area contributed by atoms with Gasteiger partial charge in [-0.15, -0.1) is 0 Å². The lowest BCUT2D eigenvalue weighted by Gasteiger charge is -2.01. The van der Waals surface area contributed by atoms with Gasteiger partial charge in [0.05, 0.1) is 10.9 Å². The summed E-state index contributed by atoms with van der Waals surface area (Å²) in [5.74, 6) is 0. The first-order valence-corrected chi connectivity index (χ1v) is 4.30. The van der Waals surface area contributed by atoms with E-state index in [9.17, 15) is 4.79 Å². The van der Waals surface area contributed by atoms with E-state index in [1.165, 1.54) is 0 Å². The van der Waals surface area contributed by atoms with E-state index in [0.717, 1.165) is 5.56 Å². The van der Waals surface area contributed by atoms with Gasteiger partial charge >= 0.3 is 5.63 Å². The minimum Gasteiger partial charge on any atom is -0.389 e. The molecule has 0 radical (unpaired) electrons. The molecule has 4 heteroatoms. The number of aryl methyl sites for hydroxylation is 1. The molecular weight excluding hydrogens is 180 g/mol. The summed E-state index contributed by atoms with van der Waals surface area (Å²) in [6.45, 7) is 1.91. The lowest BCUT2D eigenvalue weighted by Crippen LogP contribution is -2.05. The molecule has 0 saturated carbocycles. The second-order valence-corrected chi connectivity index (χ2v) is 3.03. The summed E-state index contributed by atoms with van der Waals surface area (Å²) in [6, 6.07) is 5.68. The monoisotopic (exact) mass is 190 g/mol. The van der Waals surface area contributed by atoms with Crippen LogP contribution < -0.4 is 10.9 Å². The Hall–Kier alpha value is -1.84. The van der Waals surface area contributed by atoms with Gasteiger partial charge in [0.15, 0.2) is 0 Å². The second-order valence-electron chi connectivity index (χ2n) is 3.03. The number of benzene rings is 1. The molecule has 0 spiro atoms. The molecule has 72 valence electrons. The maximum Gasteiger partial charge on any atom is 0.348 e. The van der Waals surface area contributed by atoms with Crippen LogP contribution in [-0.4, -0.2) is 12.0 Å². The van der Waals surface area contributed by atoms with Gasteiger partial charge in [0, 0.05) is 7.05 Å². The fourth-order valence-corrected chi connectivity index (χ4v) is 1.35. The van der Waals surface area contributed by atoms with Crippen molar-refractivity contribution in [1.29, 1.82) is 0 Å². The molecule has 0 fully saturated rings. The summed E-state index contributed by atoms with van der Waals surface area (Å²) >= 11 is 0. The van der Waals surface area contributed by atoms with Crippen LogP contribution in [0.2, 0.25) is 0 Å². The van der Waals surface area contributed by atoms with Crippen molar-refractivity contribution < 1.29 is 4.42 Å². The van der Waals surface area contributed by atoms with Gasteiger partial charge in [-0.25, -0.2) is 4.79 Å². The molecule has 4 nitrogen and oxygen atoms in total. The van der Waals surface area contributed by atoms with Gasteiger partial charge in [-0.3, -0.25) is 0 Å². The van der Waals surface area contributed by atoms with Crippen LogP contribution in [0.15, 0.2) is 27.4 Å². The molecule has 0 amide bonds. The van der Waals surface area contributed by atoms with Crippen molar-refractivity contribution in [2.75, 3.05) is 12.4 Å². The molecule has 14 heavy (non-hydrogen) atoms. The van der Waals surface area contributed by atoms with Crippen molar-refractivity contribution in [2.45, 2.75) is 6.92 Å². The summed E-state index contributed by atoms with van der Waals surface area (Å²) in [6.07, 6.45) is 0. The molecule has 2 aromatic rings. The zero-order chi connectivity index (χ0) is 10.1. The summed E-state index contributed by atoms with van der Waals surface area (Å²) in [5, 5.41) is 3.23. The van der Waals surface area contributed by atoms with Gasteiger partial charge in [-0.05, 0) is 18.6 Å². The Bertz CT molecular complexity index is 531. The van der Waals surface area contributed by atoms with Crippen molar-refractivity contribution in [1.82, 2.24) is 4.98 Å². The fourth-order valence-electron chi connectivity index (χ4n) is 1.35. The lowest BCUT2D eigenvalue weighted by atomic mass is 10.1. The molecule has 2 rings (SSSR count). The van der Waals surface area contributed by atoms with Crippen LogP contribution in [0.25, 0.3) is 10.9 Å². The van der Waals surface area contributed by atoms with Crippen LogP contribution in [0.5, 0.6) is 0 Å². The normalized spacial score (nSPS) is 10.4. The van der Waals surface area contributed by atoms with Crippen molar-refractivity contribution in [3.05, 3.63) is 34.2 Å². The van der Waals surface area contributed by atoms with Crippen molar-refractivity contribution in [3.63, 3.8) is 0 Å². The maximum atomic E-state index is 11.5. The minimum atomic E-state index is -0.358. The average Bonchev–Trinajstić information content (AvgIpc) is 2.19. The molecule has 1 aromatic heterocycles. The number of fused-ring (bicyclic) bond motifs is 1. The van der Waals surface area contributed by atoms with Crippen LogP contribution in [0.4, 0.5) is 6.01 Å². The van der Waals surface area contributed by atoms with Crippen molar-refractivity contribution in [3.8, 4) is 0 Å². The molecule has 0 unspecified atom stereocenters. The van der Waals surface area contributed by atoms with E-state index in [-0.39, 0.29) is 11.6 Å². The SMILES string of the molecule is CNc1nc2c(C)cccc2c(=O)o1. The Morgan fingerprint density at radius 2 is 2.21 bits per heavy atom. The van der Waals surface area contributed by atoms with Crippen molar-refractivity contribution in [2.24, 2.45) is 0 Å². The van der Waals surface area contributed by atoms with E-state index in [1.807, 2.05) is 19.1 Å². The third-order valence-corrected chi connectivity index (χ3v) is 2.07. The van der Waals surface area contributed by atoms with Crippen LogP contribution >= 0.6 is 0 Å². The highest BCUT2D eigenvalue weighted by molar-refractivity contribution is 5.80. The second kappa shape index (κ2) is 3.14. The van der Waals surface area contributed by atoms with Gasteiger partial charge < -0.3 is 9.73 Å². The van der Waals surface area contributed by atoms with E-state index in [2.05, 4.69) is 10.3 Å². The number of aromatic nitrogens is 1. The van der Waals surface area contributed by atoms with Gasteiger partial charge in [-0.1, -0.05) is 12.1 Å². The predicted octanol–water partition coefficient (Wildman–Crippen LogP) is 1.54. The quantitative estimate of drug-likeness (QED) is 0.741. The van der Waals surface area contributed by atoms with Crippen LogP contribution in [0.3, 0.4) is 0 Å². The Balaban J connectivity index is 2.91. The van der Waals surface area contributed by atoms with E-state index in [4.69, 9.17) is 4.42 Å². The van der Waals surface area contributed by atoms with Crippen molar-refractivity contribution >= 4 is 16.9 Å². The minimum absolute atomic E-state index is 0.247. The third kappa shape index (κ3) is 1.25. The topological polar surface area (TPSA) is 55.1 Å². The zero-order valence-corrected chi connectivity index (χ0v) is 8.00. The average molecular weight is 190 g/mol. The number of para-hydroxylation sites is 1. The number of nitrogens with zero attached hydrogens (tertiary/aromatic N) is 1. The Labute approximate surface area is 80.6 Å². The molecule has 0 aliphatic heterocycles. The smallest absolute Gasteiger partial charge is 0.348 e. The molecule has 0 saturated heterocycles. The molecule has 1 aromatic carbocycles.